The van der Waals surface area contributed by atoms with Crippen LogP contribution in [0.3, 0.4) is 0 Å². The maximum absolute atomic E-state index is 13.7. The number of benzene rings is 1. The summed E-state index contributed by atoms with van der Waals surface area (Å²) in [6, 6.07) is 3.87. The number of nitrogens with zero attached hydrogens (tertiary/aromatic N) is 2. The van der Waals surface area contributed by atoms with Crippen molar-refractivity contribution in [2.45, 2.75) is 6.54 Å². The Bertz CT molecular complexity index is 539. The minimum atomic E-state index is -0.416. The fraction of sp³-hybridized carbons (Fsp3) is 0.385. The predicted octanol–water partition coefficient (Wildman–Crippen LogP) is 1.84. The number of rotatable bonds is 5. The largest absolute Gasteiger partial charge is 0.395 e. The first-order chi connectivity index (χ1) is 8.63. The SMILES string of the molecule is CN(CCO)CCn1ccc2c(F)ccc(F)c21. The molecule has 0 aliphatic heterocycles. The first kappa shape index (κ1) is 13.0. The molecule has 2 aromatic rings. The number of hydrogen-bond acceptors (Lipinski definition) is 2. The van der Waals surface area contributed by atoms with E-state index in [9.17, 15) is 8.78 Å². The molecule has 1 heterocycles. The second kappa shape index (κ2) is 5.46. The number of aliphatic hydroxyl groups is 1. The smallest absolute Gasteiger partial charge is 0.147 e. The van der Waals surface area contributed by atoms with E-state index < -0.39 is 11.6 Å². The molecule has 0 radical (unpaired) electrons. The summed E-state index contributed by atoms with van der Waals surface area (Å²) in [6.45, 7) is 1.88. The van der Waals surface area contributed by atoms with E-state index in [1.165, 1.54) is 0 Å². The molecule has 2 rings (SSSR count). The number of aliphatic hydroxyl groups excluding tert-OH is 1. The molecule has 98 valence electrons. The zero-order chi connectivity index (χ0) is 13.1. The predicted molar refractivity (Wildman–Crippen MR) is 66.4 cm³/mol. The third-order valence-corrected chi connectivity index (χ3v) is 3.03. The standard InChI is InChI=1S/C13H16F2N2O/c1-16(8-9-18)6-7-17-5-4-10-11(14)2-3-12(15)13(10)17/h2-5,18H,6-9H2,1H3. The molecule has 0 saturated heterocycles. The number of aromatic nitrogens is 1. The fourth-order valence-electron chi connectivity index (χ4n) is 1.99. The lowest BCUT2D eigenvalue weighted by Crippen LogP contribution is -2.26. The van der Waals surface area contributed by atoms with Gasteiger partial charge in [-0.3, -0.25) is 0 Å². The number of likely N-dealkylation sites (N-methyl/N-ethyl adjacent to an activating group) is 1. The quantitative estimate of drug-likeness (QED) is 0.882. The Morgan fingerprint density at radius 3 is 2.61 bits per heavy atom. The van der Waals surface area contributed by atoms with E-state index in [4.69, 9.17) is 5.11 Å². The van der Waals surface area contributed by atoms with Crippen molar-refractivity contribution < 1.29 is 13.9 Å². The normalized spacial score (nSPS) is 11.6. The van der Waals surface area contributed by atoms with Crippen LogP contribution < -0.4 is 0 Å². The molecule has 0 saturated carbocycles. The van der Waals surface area contributed by atoms with Gasteiger partial charge in [0.2, 0.25) is 0 Å². The molecule has 0 spiro atoms. The van der Waals surface area contributed by atoms with Crippen LogP contribution in [0.5, 0.6) is 0 Å². The molecule has 0 atom stereocenters. The maximum atomic E-state index is 13.7. The highest BCUT2D eigenvalue weighted by Gasteiger charge is 2.10. The summed E-state index contributed by atoms with van der Waals surface area (Å²) < 4.78 is 28.9. The van der Waals surface area contributed by atoms with Crippen molar-refractivity contribution in [2.24, 2.45) is 0 Å². The van der Waals surface area contributed by atoms with Crippen LogP contribution in [0.25, 0.3) is 10.9 Å². The van der Waals surface area contributed by atoms with Crippen molar-refractivity contribution >= 4 is 10.9 Å². The van der Waals surface area contributed by atoms with Gasteiger partial charge >= 0.3 is 0 Å². The second-order valence-electron chi connectivity index (χ2n) is 4.33. The van der Waals surface area contributed by atoms with Gasteiger partial charge in [-0.25, -0.2) is 8.78 Å². The van der Waals surface area contributed by atoms with Gasteiger partial charge < -0.3 is 14.6 Å². The van der Waals surface area contributed by atoms with Crippen LogP contribution in [0, 0.1) is 11.6 Å². The van der Waals surface area contributed by atoms with Gasteiger partial charge in [0, 0.05) is 31.2 Å². The van der Waals surface area contributed by atoms with Crippen molar-refractivity contribution in [2.75, 3.05) is 26.7 Å². The molecule has 0 bridgehead atoms. The third-order valence-electron chi connectivity index (χ3n) is 3.03. The lowest BCUT2D eigenvalue weighted by molar-refractivity contribution is 0.217. The highest BCUT2D eigenvalue weighted by atomic mass is 19.1. The van der Waals surface area contributed by atoms with Gasteiger partial charge in [0.25, 0.3) is 0 Å². The molecule has 1 aromatic carbocycles. The number of hydrogen-bond donors (Lipinski definition) is 1. The summed E-state index contributed by atoms with van der Waals surface area (Å²) in [5.74, 6) is -0.824. The van der Waals surface area contributed by atoms with E-state index in [1.807, 2.05) is 11.9 Å². The summed E-state index contributed by atoms with van der Waals surface area (Å²) in [5, 5.41) is 9.09. The molecule has 5 heteroatoms. The summed E-state index contributed by atoms with van der Waals surface area (Å²) in [5.41, 5.74) is 0.299. The number of fused-ring (bicyclic) bond motifs is 1. The Balaban J connectivity index is 2.21. The minimum Gasteiger partial charge on any atom is -0.395 e. The first-order valence-corrected chi connectivity index (χ1v) is 5.85. The van der Waals surface area contributed by atoms with Crippen LogP contribution in [0.2, 0.25) is 0 Å². The van der Waals surface area contributed by atoms with Crippen molar-refractivity contribution in [3.63, 3.8) is 0 Å². The first-order valence-electron chi connectivity index (χ1n) is 5.85. The average Bonchev–Trinajstić information content (AvgIpc) is 2.77. The molecule has 0 amide bonds. The van der Waals surface area contributed by atoms with E-state index in [1.54, 1.807) is 16.8 Å². The number of halogens is 2. The van der Waals surface area contributed by atoms with Crippen LogP contribution in [-0.4, -0.2) is 41.3 Å². The monoisotopic (exact) mass is 254 g/mol. The van der Waals surface area contributed by atoms with Crippen molar-refractivity contribution in [1.29, 1.82) is 0 Å². The molecular weight excluding hydrogens is 238 g/mol. The van der Waals surface area contributed by atoms with Crippen molar-refractivity contribution in [1.82, 2.24) is 9.47 Å². The summed E-state index contributed by atoms with van der Waals surface area (Å²) in [6.07, 6.45) is 1.68. The lowest BCUT2D eigenvalue weighted by atomic mass is 10.2. The van der Waals surface area contributed by atoms with E-state index in [0.29, 0.717) is 30.5 Å². The molecule has 0 unspecified atom stereocenters. The summed E-state index contributed by atoms with van der Waals surface area (Å²) >= 11 is 0. The van der Waals surface area contributed by atoms with Crippen molar-refractivity contribution in [3.8, 4) is 0 Å². The molecule has 0 aliphatic carbocycles. The third kappa shape index (κ3) is 2.52. The summed E-state index contributed by atoms with van der Waals surface area (Å²) in [4.78, 5) is 1.93. The van der Waals surface area contributed by atoms with Gasteiger partial charge in [-0.05, 0) is 25.2 Å². The molecule has 3 nitrogen and oxygen atoms in total. The van der Waals surface area contributed by atoms with Gasteiger partial charge in [-0.2, -0.15) is 0 Å². The molecule has 1 aromatic heterocycles. The summed E-state index contributed by atoms with van der Waals surface area (Å²) in [7, 11) is 1.87. The van der Waals surface area contributed by atoms with Gasteiger partial charge in [0.05, 0.1) is 12.1 Å². The Kier molecular flexibility index (Phi) is 3.93. The van der Waals surface area contributed by atoms with Crippen molar-refractivity contribution in [3.05, 3.63) is 36.0 Å². The molecule has 0 fully saturated rings. The minimum absolute atomic E-state index is 0.0892. The van der Waals surface area contributed by atoms with Crippen LogP contribution >= 0.6 is 0 Å². The van der Waals surface area contributed by atoms with Gasteiger partial charge in [0.1, 0.15) is 11.6 Å². The topological polar surface area (TPSA) is 28.4 Å². The zero-order valence-corrected chi connectivity index (χ0v) is 10.2. The Morgan fingerprint density at radius 2 is 1.89 bits per heavy atom. The van der Waals surface area contributed by atoms with E-state index >= 15 is 0 Å². The Hall–Kier alpha value is -1.46. The Morgan fingerprint density at radius 1 is 1.17 bits per heavy atom. The van der Waals surface area contributed by atoms with Crippen LogP contribution in [0.15, 0.2) is 24.4 Å². The van der Waals surface area contributed by atoms with Crippen LogP contribution in [0.1, 0.15) is 0 Å². The molecular formula is C13H16F2N2O. The molecule has 0 aliphatic rings. The van der Waals surface area contributed by atoms with Crippen LogP contribution in [0.4, 0.5) is 8.78 Å². The Labute approximate surface area is 104 Å². The zero-order valence-electron chi connectivity index (χ0n) is 10.2. The second-order valence-corrected chi connectivity index (χ2v) is 4.33. The highest BCUT2D eigenvalue weighted by Crippen LogP contribution is 2.22. The molecule has 18 heavy (non-hydrogen) atoms. The van der Waals surface area contributed by atoms with E-state index in [-0.39, 0.29) is 6.61 Å². The molecule has 1 N–H and O–H groups in total. The maximum Gasteiger partial charge on any atom is 0.147 e. The van der Waals surface area contributed by atoms with Gasteiger partial charge in [0.15, 0.2) is 0 Å². The lowest BCUT2D eigenvalue weighted by Gasteiger charge is -2.15. The van der Waals surface area contributed by atoms with Gasteiger partial charge in [-0.1, -0.05) is 0 Å². The van der Waals surface area contributed by atoms with E-state index in [0.717, 1.165) is 12.1 Å². The average molecular weight is 254 g/mol. The van der Waals surface area contributed by atoms with E-state index in [2.05, 4.69) is 0 Å². The fourth-order valence-corrected chi connectivity index (χ4v) is 1.99. The van der Waals surface area contributed by atoms with Crippen LogP contribution in [-0.2, 0) is 6.54 Å². The highest BCUT2D eigenvalue weighted by molar-refractivity contribution is 5.81. The van der Waals surface area contributed by atoms with Gasteiger partial charge in [-0.15, -0.1) is 0 Å².